The van der Waals surface area contributed by atoms with Gasteiger partial charge >= 0.3 is 0 Å². The van der Waals surface area contributed by atoms with Crippen LogP contribution in [0.3, 0.4) is 0 Å². The van der Waals surface area contributed by atoms with E-state index in [9.17, 15) is 4.79 Å². The van der Waals surface area contributed by atoms with Gasteiger partial charge in [0, 0.05) is 21.8 Å². The predicted molar refractivity (Wildman–Crippen MR) is 104 cm³/mol. The molecule has 2 aromatic carbocycles. The zero-order valence-corrected chi connectivity index (χ0v) is 15.5. The maximum Gasteiger partial charge on any atom is 0.267 e. The van der Waals surface area contributed by atoms with Crippen LogP contribution in [0.1, 0.15) is 23.5 Å². The molecule has 130 valence electrons. The first-order chi connectivity index (χ1) is 12.1. The molecular weight excluding hydrogens is 358 g/mol. The van der Waals surface area contributed by atoms with E-state index in [1.54, 1.807) is 18.2 Å². The van der Waals surface area contributed by atoms with Crippen molar-refractivity contribution in [3.8, 4) is 11.5 Å². The van der Waals surface area contributed by atoms with Crippen molar-refractivity contribution < 1.29 is 14.3 Å². The van der Waals surface area contributed by atoms with Crippen LogP contribution in [0.5, 0.6) is 11.5 Å². The van der Waals surface area contributed by atoms with Crippen LogP contribution in [0, 0.1) is 0 Å². The summed E-state index contributed by atoms with van der Waals surface area (Å²) in [4.78, 5) is 13.1. The van der Waals surface area contributed by atoms with Gasteiger partial charge in [0.05, 0.1) is 18.2 Å². The highest BCUT2D eigenvalue weighted by atomic mass is 35.5. The van der Waals surface area contributed by atoms with E-state index in [4.69, 9.17) is 21.1 Å². The van der Waals surface area contributed by atoms with Crippen LogP contribution in [-0.4, -0.2) is 19.1 Å². The summed E-state index contributed by atoms with van der Waals surface area (Å²) in [6, 6.07) is 13.0. The molecule has 0 bridgehead atoms. The lowest BCUT2D eigenvalue weighted by molar-refractivity contribution is 0.103. The fourth-order valence-electron chi connectivity index (χ4n) is 2.48. The van der Waals surface area contributed by atoms with Crippen molar-refractivity contribution in [2.45, 2.75) is 13.8 Å². The second kappa shape index (κ2) is 7.76. The number of nitrogens with one attached hydrogen (secondary N) is 1. The van der Waals surface area contributed by atoms with Crippen molar-refractivity contribution in [2.75, 3.05) is 18.5 Å². The molecule has 1 aromatic heterocycles. The summed E-state index contributed by atoms with van der Waals surface area (Å²) in [6.07, 6.45) is 0. The summed E-state index contributed by atoms with van der Waals surface area (Å²) >= 11 is 7.75. The molecule has 0 aliphatic rings. The van der Waals surface area contributed by atoms with E-state index < -0.39 is 0 Å². The Bertz CT molecular complexity index is 907. The zero-order chi connectivity index (χ0) is 17.8. The Kier molecular flexibility index (Phi) is 5.46. The Morgan fingerprint density at radius 1 is 1.08 bits per heavy atom. The zero-order valence-electron chi connectivity index (χ0n) is 14.0. The van der Waals surface area contributed by atoms with Crippen LogP contribution in [0.25, 0.3) is 10.1 Å². The van der Waals surface area contributed by atoms with Gasteiger partial charge in [-0.1, -0.05) is 29.8 Å². The lowest BCUT2D eigenvalue weighted by Gasteiger charge is -2.12. The Labute approximate surface area is 155 Å². The number of hydrogen-bond donors (Lipinski definition) is 1. The summed E-state index contributed by atoms with van der Waals surface area (Å²) in [5, 5.41) is 4.25. The molecule has 3 rings (SSSR count). The average Bonchev–Trinajstić information content (AvgIpc) is 2.95. The molecule has 4 nitrogen and oxygen atoms in total. The minimum Gasteiger partial charge on any atom is -0.490 e. The number of benzene rings is 2. The van der Waals surface area contributed by atoms with E-state index in [0.29, 0.717) is 40.3 Å². The molecule has 0 saturated heterocycles. The van der Waals surface area contributed by atoms with E-state index in [2.05, 4.69) is 5.32 Å². The number of rotatable bonds is 6. The van der Waals surface area contributed by atoms with Crippen molar-refractivity contribution >= 4 is 44.6 Å². The molecule has 0 aliphatic heterocycles. The van der Waals surface area contributed by atoms with E-state index >= 15 is 0 Å². The number of amides is 1. The summed E-state index contributed by atoms with van der Waals surface area (Å²) in [5.41, 5.74) is 0.630. The number of thiophene rings is 1. The first-order valence-corrected chi connectivity index (χ1v) is 9.21. The smallest absolute Gasteiger partial charge is 0.267 e. The first-order valence-electron chi connectivity index (χ1n) is 8.02. The van der Waals surface area contributed by atoms with Gasteiger partial charge in [-0.05, 0) is 32.0 Å². The standard InChI is InChI=1S/C19H18ClNO3S/c1-3-23-14-10-9-12(11-15(14)24-4-2)21-19(22)18-17(20)13-7-5-6-8-16(13)25-18/h5-11H,3-4H2,1-2H3,(H,21,22). The van der Waals surface area contributed by atoms with Gasteiger partial charge in [-0.15, -0.1) is 11.3 Å². The number of hydrogen-bond acceptors (Lipinski definition) is 4. The Balaban J connectivity index is 1.86. The van der Waals surface area contributed by atoms with Crippen molar-refractivity contribution in [3.63, 3.8) is 0 Å². The van der Waals surface area contributed by atoms with Crippen LogP contribution in [0.4, 0.5) is 5.69 Å². The highest BCUT2D eigenvalue weighted by Gasteiger charge is 2.17. The second-order valence-electron chi connectivity index (χ2n) is 5.22. The molecule has 6 heteroatoms. The van der Waals surface area contributed by atoms with Gasteiger partial charge in [0.15, 0.2) is 11.5 Å². The van der Waals surface area contributed by atoms with Crippen LogP contribution in [0.15, 0.2) is 42.5 Å². The van der Waals surface area contributed by atoms with Crippen LogP contribution in [-0.2, 0) is 0 Å². The fourth-order valence-corrected chi connectivity index (χ4v) is 3.89. The molecule has 25 heavy (non-hydrogen) atoms. The van der Waals surface area contributed by atoms with Crippen molar-refractivity contribution in [3.05, 3.63) is 52.4 Å². The quantitative estimate of drug-likeness (QED) is 0.609. The molecule has 1 N–H and O–H groups in total. The van der Waals surface area contributed by atoms with Gasteiger partial charge in [0.25, 0.3) is 5.91 Å². The van der Waals surface area contributed by atoms with Crippen molar-refractivity contribution in [1.82, 2.24) is 0 Å². The highest BCUT2D eigenvalue weighted by Crippen LogP contribution is 2.36. The number of carbonyl (C=O) groups excluding carboxylic acids is 1. The van der Waals surface area contributed by atoms with Crippen molar-refractivity contribution in [2.24, 2.45) is 0 Å². The number of anilines is 1. The minimum atomic E-state index is -0.238. The number of halogens is 1. The molecular formula is C19H18ClNO3S. The molecule has 1 heterocycles. The summed E-state index contributed by atoms with van der Waals surface area (Å²) in [7, 11) is 0. The highest BCUT2D eigenvalue weighted by molar-refractivity contribution is 7.21. The molecule has 1 amide bonds. The summed E-state index contributed by atoms with van der Waals surface area (Å²) < 4.78 is 12.1. The fraction of sp³-hybridized carbons (Fsp3) is 0.211. The molecule has 0 atom stereocenters. The number of fused-ring (bicyclic) bond motifs is 1. The number of carbonyl (C=O) groups is 1. The molecule has 0 saturated carbocycles. The molecule has 0 radical (unpaired) electrons. The van der Waals surface area contributed by atoms with Gasteiger partial charge in [-0.2, -0.15) is 0 Å². The SMILES string of the molecule is CCOc1ccc(NC(=O)c2sc3ccccc3c2Cl)cc1OCC. The van der Waals surface area contributed by atoms with Gasteiger partial charge in [0.1, 0.15) is 4.88 Å². The van der Waals surface area contributed by atoms with E-state index in [1.165, 1.54) is 11.3 Å². The minimum absolute atomic E-state index is 0.238. The van der Waals surface area contributed by atoms with E-state index in [-0.39, 0.29) is 5.91 Å². The summed E-state index contributed by atoms with van der Waals surface area (Å²) in [6.45, 7) is 4.87. The molecule has 0 unspecified atom stereocenters. The van der Waals surface area contributed by atoms with E-state index in [0.717, 1.165) is 10.1 Å². The van der Waals surface area contributed by atoms with E-state index in [1.807, 2.05) is 38.1 Å². The van der Waals surface area contributed by atoms with Gasteiger partial charge in [-0.25, -0.2) is 0 Å². The Morgan fingerprint density at radius 3 is 2.52 bits per heavy atom. The lowest BCUT2D eigenvalue weighted by Crippen LogP contribution is -2.11. The average molecular weight is 376 g/mol. The van der Waals surface area contributed by atoms with Crippen LogP contribution >= 0.6 is 22.9 Å². The number of ether oxygens (including phenoxy) is 2. The van der Waals surface area contributed by atoms with Crippen LogP contribution < -0.4 is 14.8 Å². The van der Waals surface area contributed by atoms with Gasteiger partial charge in [0.2, 0.25) is 0 Å². The van der Waals surface area contributed by atoms with Crippen LogP contribution in [0.2, 0.25) is 5.02 Å². The maximum absolute atomic E-state index is 12.6. The first kappa shape index (κ1) is 17.6. The molecule has 0 spiro atoms. The maximum atomic E-state index is 12.6. The molecule has 0 fully saturated rings. The van der Waals surface area contributed by atoms with Gasteiger partial charge < -0.3 is 14.8 Å². The third kappa shape index (κ3) is 3.72. The summed E-state index contributed by atoms with van der Waals surface area (Å²) in [5.74, 6) is 1.02. The predicted octanol–water partition coefficient (Wildman–Crippen LogP) is 5.60. The normalized spacial score (nSPS) is 10.7. The topological polar surface area (TPSA) is 47.6 Å². The lowest BCUT2D eigenvalue weighted by atomic mass is 10.2. The second-order valence-corrected chi connectivity index (χ2v) is 6.65. The van der Waals surface area contributed by atoms with Gasteiger partial charge in [-0.3, -0.25) is 4.79 Å². The largest absolute Gasteiger partial charge is 0.490 e. The van der Waals surface area contributed by atoms with Crippen molar-refractivity contribution in [1.29, 1.82) is 0 Å². The molecule has 0 aliphatic carbocycles. The third-order valence-electron chi connectivity index (χ3n) is 3.54. The third-order valence-corrected chi connectivity index (χ3v) is 5.22. The monoisotopic (exact) mass is 375 g/mol. The Hall–Kier alpha value is -2.24. The molecule has 3 aromatic rings. The Morgan fingerprint density at radius 2 is 1.80 bits per heavy atom.